The first kappa shape index (κ1) is 26.4. The van der Waals surface area contributed by atoms with Gasteiger partial charge in [0.1, 0.15) is 0 Å². The number of hydrogen-bond donors (Lipinski definition) is 0. The van der Waals surface area contributed by atoms with Gasteiger partial charge in [-0.2, -0.15) is 0 Å². The molecule has 2 nitrogen and oxygen atoms in total. The van der Waals surface area contributed by atoms with E-state index in [1.807, 2.05) is 0 Å². The fourth-order valence-electron chi connectivity index (χ4n) is 10.5. The first-order chi connectivity index (χ1) is 25.4. The van der Waals surface area contributed by atoms with E-state index in [0.717, 1.165) is 0 Å². The fraction of sp³-hybridized carbons (Fsp3) is 0. The van der Waals surface area contributed by atoms with Crippen molar-refractivity contribution in [3.8, 4) is 11.1 Å². The summed E-state index contributed by atoms with van der Waals surface area (Å²) in [6, 6.07) is 64.3. The molecule has 4 aromatic heterocycles. The van der Waals surface area contributed by atoms with E-state index >= 15 is 0 Å². The van der Waals surface area contributed by atoms with Crippen LogP contribution in [0.4, 0.5) is 0 Å². The van der Waals surface area contributed by atoms with E-state index in [1.165, 1.54) is 108 Å². The van der Waals surface area contributed by atoms with Crippen LogP contribution in [0.5, 0.6) is 0 Å². The number of rotatable bonds is 2. The normalized spacial score (nSPS) is 14.0. The molecule has 0 saturated carbocycles. The van der Waals surface area contributed by atoms with Crippen LogP contribution in [-0.4, -0.2) is 16.9 Å². The summed E-state index contributed by atoms with van der Waals surface area (Å²) in [5.41, 5.74) is 10.6. The maximum absolute atomic E-state index is 2.66. The van der Waals surface area contributed by atoms with Crippen molar-refractivity contribution >= 4 is 105 Å². The summed E-state index contributed by atoms with van der Waals surface area (Å²) >= 11 is 0. The minimum Gasteiger partial charge on any atom is -0.308 e. The highest BCUT2D eigenvalue weighted by atomic mass is 28.3. The van der Waals surface area contributed by atoms with Gasteiger partial charge in [0.2, 0.25) is 0 Å². The van der Waals surface area contributed by atoms with Gasteiger partial charge in [-0.15, -0.1) is 0 Å². The van der Waals surface area contributed by atoms with Crippen molar-refractivity contribution in [2.24, 2.45) is 0 Å². The maximum atomic E-state index is 2.62. The smallest absolute Gasteiger partial charge is 0.180 e. The number of para-hydroxylation sites is 3. The lowest BCUT2D eigenvalue weighted by atomic mass is 9.96. The van der Waals surface area contributed by atoms with E-state index in [2.05, 4.69) is 179 Å². The lowest BCUT2D eigenvalue weighted by Crippen LogP contribution is -2.72. The lowest BCUT2D eigenvalue weighted by Gasteiger charge is -2.31. The molecular formula is C48H28N2Si. The molecule has 0 bridgehead atoms. The third-order valence-electron chi connectivity index (χ3n) is 12.2. The van der Waals surface area contributed by atoms with Gasteiger partial charge in [-0.05, 0) is 62.2 Å². The van der Waals surface area contributed by atoms with Crippen LogP contribution in [0.2, 0.25) is 0 Å². The molecule has 0 amide bonds. The molecule has 0 unspecified atom stereocenters. The summed E-state index contributed by atoms with van der Waals surface area (Å²) in [6.45, 7) is 0. The van der Waals surface area contributed by atoms with Crippen LogP contribution in [0.3, 0.4) is 0 Å². The zero-order valence-corrected chi connectivity index (χ0v) is 28.6. The SMILES string of the molecule is c1ccc([Si]2(c3ccccc3)c3ccccc3-c3cc4c5c6c7ccccc7n7c8ccccc8c(c8c9ccccc9n(c4cc32)c85)c67)cc1. The molecule has 0 atom stereocenters. The monoisotopic (exact) mass is 660 g/mol. The molecule has 12 aromatic rings. The van der Waals surface area contributed by atoms with Crippen molar-refractivity contribution in [3.05, 3.63) is 170 Å². The second kappa shape index (κ2) is 9.02. The quantitative estimate of drug-likeness (QED) is 0.164. The molecule has 0 aliphatic carbocycles. The highest BCUT2D eigenvalue weighted by molar-refractivity contribution is 7.22. The molecule has 1 aliphatic heterocycles. The molecule has 51 heavy (non-hydrogen) atoms. The molecule has 0 radical (unpaired) electrons. The van der Waals surface area contributed by atoms with Crippen molar-refractivity contribution in [2.75, 3.05) is 0 Å². The van der Waals surface area contributed by atoms with Gasteiger partial charge in [-0.1, -0.05) is 140 Å². The van der Waals surface area contributed by atoms with Crippen LogP contribution in [0.15, 0.2) is 170 Å². The van der Waals surface area contributed by atoms with Crippen molar-refractivity contribution in [3.63, 3.8) is 0 Å². The number of nitrogens with zero attached hydrogens (tertiary/aromatic N) is 2. The van der Waals surface area contributed by atoms with E-state index in [0.29, 0.717) is 0 Å². The van der Waals surface area contributed by atoms with Crippen LogP contribution in [-0.2, 0) is 0 Å². The number of hydrogen-bond acceptors (Lipinski definition) is 0. The maximum Gasteiger partial charge on any atom is 0.180 e. The molecule has 1 aliphatic rings. The highest BCUT2D eigenvalue weighted by Crippen LogP contribution is 2.52. The molecular weight excluding hydrogens is 633 g/mol. The standard InChI is InChI=1S/C48H28N2Si/c1-3-15-29(16-4-1)51(30-17-5-2-6-18-30)41-26-14-10-19-31(41)35-27-36-40(28-42(35)51)50-39-25-13-9-22-34(39)44-43-32-20-7-11-23-37(32)49-38-24-12-8-21-33(38)45(47(43)49)46(36)48(44)50/h1-28H. The zero-order chi connectivity index (χ0) is 33.0. The first-order valence-electron chi connectivity index (χ1n) is 17.9. The summed E-state index contributed by atoms with van der Waals surface area (Å²) in [4.78, 5) is 0. The molecule has 13 rings (SSSR count). The van der Waals surface area contributed by atoms with E-state index in [1.54, 1.807) is 0 Å². The zero-order valence-electron chi connectivity index (χ0n) is 27.6. The number of aromatic nitrogens is 2. The lowest BCUT2D eigenvalue weighted by molar-refractivity contribution is 1.37. The third kappa shape index (κ3) is 2.89. The van der Waals surface area contributed by atoms with E-state index in [9.17, 15) is 0 Å². The average molecular weight is 661 g/mol. The Morgan fingerprint density at radius 1 is 0.314 bits per heavy atom. The van der Waals surface area contributed by atoms with Crippen LogP contribution in [0, 0.1) is 0 Å². The Bertz CT molecular complexity index is 3370. The Morgan fingerprint density at radius 3 is 1.29 bits per heavy atom. The average Bonchev–Trinajstić information content (AvgIpc) is 3.97. The van der Waals surface area contributed by atoms with Crippen LogP contribution >= 0.6 is 0 Å². The van der Waals surface area contributed by atoms with Gasteiger partial charge < -0.3 is 8.80 Å². The molecule has 0 spiro atoms. The molecule has 0 N–H and O–H groups in total. The summed E-state index contributed by atoms with van der Waals surface area (Å²) in [5.74, 6) is 0. The minimum atomic E-state index is -2.66. The first-order valence-corrected chi connectivity index (χ1v) is 19.9. The summed E-state index contributed by atoms with van der Waals surface area (Å²) < 4.78 is 5.16. The molecule has 0 fully saturated rings. The Balaban J connectivity index is 1.33. The van der Waals surface area contributed by atoms with Crippen LogP contribution in [0.1, 0.15) is 0 Å². The van der Waals surface area contributed by atoms with E-state index in [4.69, 9.17) is 0 Å². The number of benzene rings is 8. The van der Waals surface area contributed by atoms with Gasteiger partial charge in [0.25, 0.3) is 0 Å². The van der Waals surface area contributed by atoms with Crippen LogP contribution < -0.4 is 20.7 Å². The van der Waals surface area contributed by atoms with E-state index in [-0.39, 0.29) is 0 Å². The Morgan fingerprint density at radius 2 is 0.745 bits per heavy atom. The Kier molecular flexibility index (Phi) is 4.68. The highest BCUT2D eigenvalue weighted by Gasteiger charge is 2.49. The van der Waals surface area contributed by atoms with Crippen molar-refractivity contribution < 1.29 is 0 Å². The van der Waals surface area contributed by atoms with Crippen LogP contribution in [0.25, 0.3) is 87.3 Å². The fourth-order valence-corrected chi connectivity index (χ4v) is 15.6. The van der Waals surface area contributed by atoms with Gasteiger partial charge in [0, 0.05) is 43.1 Å². The van der Waals surface area contributed by atoms with Gasteiger partial charge in [-0.3, -0.25) is 0 Å². The topological polar surface area (TPSA) is 8.82 Å². The van der Waals surface area contributed by atoms with Gasteiger partial charge in [0.05, 0.1) is 33.1 Å². The van der Waals surface area contributed by atoms with Gasteiger partial charge >= 0.3 is 0 Å². The third-order valence-corrected chi connectivity index (χ3v) is 17.1. The Labute approximate surface area is 293 Å². The molecule has 0 saturated heterocycles. The molecule has 3 heteroatoms. The molecule has 234 valence electrons. The summed E-state index contributed by atoms with van der Waals surface area (Å²) in [6.07, 6.45) is 0. The summed E-state index contributed by atoms with van der Waals surface area (Å²) in [5, 5.41) is 16.6. The predicted octanol–water partition coefficient (Wildman–Crippen LogP) is 9.34. The van der Waals surface area contributed by atoms with E-state index < -0.39 is 8.07 Å². The van der Waals surface area contributed by atoms with Gasteiger partial charge in [0.15, 0.2) is 8.07 Å². The molecule has 8 aromatic carbocycles. The van der Waals surface area contributed by atoms with Crippen molar-refractivity contribution in [2.45, 2.75) is 0 Å². The number of fused-ring (bicyclic) bond motifs is 17. The van der Waals surface area contributed by atoms with Crippen molar-refractivity contribution in [1.82, 2.24) is 8.80 Å². The minimum absolute atomic E-state index is 1.28. The predicted molar refractivity (Wildman–Crippen MR) is 218 cm³/mol. The second-order valence-corrected chi connectivity index (χ2v) is 18.1. The molecule has 5 heterocycles. The van der Waals surface area contributed by atoms with Gasteiger partial charge in [-0.25, -0.2) is 0 Å². The van der Waals surface area contributed by atoms with Crippen molar-refractivity contribution in [1.29, 1.82) is 0 Å². The largest absolute Gasteiger partial charge is 0.308 e. The summed E-state index contributed by atoms with van der Waals surface area (Å²) in [7, 11) is -2.66. The Hall–Kier alpha value is -6.42. The second-order valence-electron chi connectivity index (χ2n) is 14.4.